The van der Waals surface area contributed by atoms with Crippen molar-refractivity contribution in [2.75, 3.05) is 0 Å². The number of hydrogen-bond donors (Lipinski definition) is 1. The summed E-state index contributed by atoms with van der Waals surface area (Å²) in [6.07, 6.45) is 4.55. The Morgan fingerprint density at radius 1 is 1.43 bits per heavy atom. The molecule has 1 fully saturated rings. The Morgan fingerprint density at radius 3 is 3.00 bits per heavy atom. The highest BCUT2D eigenvalue weighted by Crippen LogP contribution is 2.33. The van der Waals surface area contributed by atoms with Crippen molar-refractivity contribution in [3.63, 3.8) is 0 Å². The summed E-state index contributed by atoms with van der Waals surface area (Å²) in [7, 11) is 0. The molecule has 23 heavy (non-hydrogen) atoms. The van der Waals surface area contributed by atoms with Gasteiger partial charge in [0.2, 0.25) is 0 Å². The average molecular weight is 330 g/mol. The number of nitrogens with one attached hydrogen (secondary N) is 1. The minimum atomic E-state index is -0.160. The van der Waals surface area contributed by atoms with Crippen LogP contribution in [-0.2, 0) is 11.3 Å². The maximum absolute atomic E-state index is 12.8. The van der Waals surface area contributed by atoms with Crippen molar-refractivity contribution in [2.24, 2.45) is 0 Å². The van der Waals surface area contributed by atoms with Gasteiger partial charge in [-0.05, 0) is 25.3 Å². The molecule has 0 radical (unpaired) electrons. The van der Waals surface area contributed by atoms with Crippen LogP contribution in [0.5, 0.6) is 0 Å². The molecule has 2 aliphatic heterocycles. The SMILES string of the molecule is Cc1noc(C)c1CN1C=CN2NC(c3cccs3)CC2C1=O. The van der Waals surface area contributed by atoms with Crippen LogP contribution in [-0.4, -0.2) is 27.0 Å². The number of hydrogen-bond acceptors (Lipinski definition) is 6. The van der Waals surface area contributed by atoms with E-state index in [9.17, 15) is 4.79 Å². The van der Waals surface area contributed by atoms with Gasteiger partial charge >= 0.3 is 0 Å². The van der Waals surface area contributed by atoms with Gasteiger partial charge in [0.15, 0.2) is 0 Å². The first-order valence-corrected chi connectivity index (χ1v) is 8.50. The van der Waals surface area contributed by atoms with Crippen LogP contribution < -0.4 is 5.43 Å². The normalized spacial score (nSPS) is 23.7. The van der Waals surface area contributed by atoms with Crippen LogP contribution in [0.1, 0.15) is 34.4 Å². The second-order valence-electron chi connectivity index (χ2n) is 5.92. The zero-order valence-corrected chi connectivity index (χ0v) is 13.8. The second kappa shape index (κ2) is 5.50. The quantitative estimate of drug-likeness (QED) is 0.937. The van der Waals surface area contributed by atoms with E-state index in [0.29, 0.717) is 6.54 Å². The molecule has 0 aromatic carbocycles. The number of nitrogens with zero attached hydrogens (tertiary/aromatic N) is 3. The fourth-order valence-corrected chi connectivity index (χ4v) is 3.93. The van der Waals surface area contributed by atoms with Crippen LogP contribution >= 0.6 is 11.3 Å². The van der Waals surface area contributed by atoms with Gasteiger partial charge in [-0.2, -0.15) is 0 Å². The van der Waals surface area contributed by atoms with Crippen molar-refractivity contribution in [3.8, 4) is 0 Å². The molecule has 4 heterocycles. The molecule has 0 saturated carbocycles. The predicted molar refractivity (Wildman–Crippen MR) is 86.1 cm³/mol. The Hall–Kier alpha value is -2.12. The van der Waals surface area contributed by atoms with Crippen LogP contribution in [0.2, 0.25) is 0 Å². The van der Waals surface area contributed by atoms with Gasteiger partial charge in [0.25, 0.3) is 5.91 Å². The predicted octanol–water partition coefficient (Wildman–Crippen LogP) is 2.49. The summed E-state index contributed by atoms with van der Waals surface area (Å²) in [4.78, 5) is 15.8. The molecule has 7 heteroatoms. The first kappa shape index (κ1) is 14.5. The largest absolute Gasteiger partial charge is 0.361 e. The van der Waals surface area contributed by atoms with Gasteiger partial charge in [-0.15, -0.1) is 11.3 Å². The van der Waals surface area contributed by atoms with Crippen LogP contribution in [0.4, 0.5) is 0 Å². The van der Waals surface area contributed by atoms with Gasteiger partial charge in [0.1, 0.15) is 11.8 Å². The summed E-state index contributed by atoms with van der Waals surface area (Å²) < 4.78 is 5.19. The van der Waals surface area contributed by atoms with Crippen LogP contribution in [0, 0.1) is 13.8 Å². The number of amides is 1. The summed E-state index contributed by atoms with van der Waals surface area (Å²) in [5, 5.41) is 7.95. The van der Waals surface area contributed by atoms with Crippen molar-refractivity contribution >= 4 is 17.2 Å². The van der Waals surface area contributed by atoms with E-state index in [2.05, 4.69) is 22.0 Å². The number of carbonyl (C=O) groups is 1. The Labute approximate surface area is 138 Å². The maximum atomic E-state index is 12.8. The van der Waals surface area contributed by atoms with Crippen LogP contribution in [0.15, 0.2) is 34.4 Å². The molecule has 2 atom stereocenters. The molecule has 2 aliphatic rings. The highest BCUT2D eigenvalue weighted by Gasteiger charge is 2.40. The molecule has 1 amide bonds. The lowest BCUT2D eigenvalue weighted by Gasteiger charge is -2.31. The summed E-state index contributed by atoms with van der Waals surface area (Å²) in [5.41, 5.74) is 5.23. The Morgan fingerprint density at radius 2 is 2.30 bits per heavy atom. The first-order valence-electron chi connectivity index (χ1n) is 7.62. The van der Waals surface area contributed by atoms with Crippen molar-refractivity contribution in [1.29, 1.82) is 0 Å². The average Bonchev–Trinajstić information content (AvgIpc) is 3.25. The molecule has 1 saturated heterocycles. The lowest BCUT2D eigenvalue weighted by Crippen LogP contribution is -2.47. The van der Waals surface area contributed by atoms with Crippen molar-refractivity contribution in [2.45, 2.75) is 38.9 Å². The van der Waals surface area contributed by atoms with E-state index in [1.165, 1.54) is 4.88 Å². The zero-order valence-electron chi connectivity index (χ0n) is 13.0. The highest BCUT2D eigenvalue weighted by molar-refractivity contribution is 7.10. The molecule has 2 aromatic heterocycles. The topological polar surface area (TPSA) is 61.6 Å². The van der Waals surface area contributed by atoms with Gasteiger partial charge in [-0.25, -0.2) is 5.43 Å². The number of aryl methyl sites for hydroxylation is 2. The van der Waals surface area contributed by atoms with Gasteiger partial charge in [-0.3, -0.25) is 4.79 Å². The molecule has 0 spiro atoms. The van der Waals surface area contributed by atoms with E-state index in [1.54, 1.807) is 16.2 Å². The molecular formula is C16H18N4O2S. The Balaban J connectivity index is 1.52. The third-order valence-corrected chi connectivity index (χ3v) is 5.46. The molecule has 120 valence electrons. The minimum absolute atomic E-state index is 0.110. The third kappa shape index (κ3) is 2.46. The number of fused-ring (bicyclic) bond motifs is 1. The Bertz CT molecular complexity index is 733. The molecule has 0 bridgehead atoms. The van der Waals surface area contributed by atoms with E-state index < -0.39 is 0 Å². The van der Waals surface area contributed by atoms with Crippen molar-refractivity contribution in [1.82, 2.24) is 20.5 Å². The highest BCUT2D eigenvalue weighted by atomic mass is 32.1. The number of rotatable bonds is 3. The third-order valence-electron chi connectivity index (χ3n) is 4.47. The molecule has 0 aliphatic carbocycles. The fraction of sp³-hybridized carbons (Fsp3) is 0.375. The van der Waals surface area contributed by atoms with Crippen molar-refractivity contribution < 1.29 is 9.32 Å². The molecular weight excluding hydrogens is 312 g/mol. The molecule has 1 N–H and O–H groups in total. The first-order chi connectivity index (χ1) is 11.1. The molecule has 4 rings (SSSR count). The molecule has 2 unspecified atom stereocenters. The van der Waals surface area contributed by atoms with Crippen molar-refractivity contribution in [3.05, 3.63) is 51.8 Å². The number of hydrazine groups is 1. The summed E-state index contributed by atoms with van der Waals surface area (Å²) in [6.45, 7) is 4.29. The summed E-state index contributed by atoms with van der Waals surface area (Å²) in [6, 6.07) is 4.19. The molecule has 6 nitrogen and oxygen atoms in total. The summed E-state index contributed by atoms with van der Waals surface area (Å²) >= 11 is 1.72. The number of aromatic nitrogens is 1. The van der Waals surface area contributed by atoms with Crippen LogP contribution in [0.3, 0.4) is 0 Å². The zero-order chi connectivity index (χ0) is 16.0. The van der Waals surface area contributed by atoms with Crippen LogP contribution in [0.25, 0.3) is 0 Å². The summed E-state index contributed by atoms with van der Waals surface area (Å²) in [5.74, 6) is 0.881. The van der Waals surface area contributed by atoms with Gasteiger partial charge in [0, 0.05) is 29.3 Å². The standard InChI is InChI=1S/C16H18N4O2S/c1-10-12(11(2)22-18-10)9-19-5-6-20-14(16(19)21)8-13(17-20)15-4-3-7-23-15/h3-7,13-14,17H,8-9H2,1-2H3. The monoisotopic (exact) mass is 330 g/mol. The number of thiophene rings is 1. The van der Waals surface area contributed by atoms with E-state index in [-0.39, 0.29) is 18.0 Å². The Kier molecular flexibility index (Phi) is 3.46. The smallest absolute Gasteiger partial charge is 0.251 e. The van der Waals surface area contributed by atoms with Gasteiger partial charge in [0.05, 0.1) is 18.3 Å². The molecule has 2 aromatic rings. The lowest BCUT2D eigenvalue weighted by atomic mass is 10.1. The van der Waals surface area contributed by atoms with E-state index in [4.69, 9.17) is 4.52 Å². The van der Waals surface area contributed by atoms with Gasteiger partial charge < -0.3 is 14.4 Å². The van der Waals surface area contributed by atoms with Gasteiger partial charge in [-0.1, -0.05) is 11.2 Å². The van der Waals surface area contributed by atoms with E-state index in [1.807, 2.05) is 37.3 Å². The van der Waals surface area contributed by atoms with E-state index in [0.717, 1.165) is 23.4 Å². The lowest BCUT2D eigenvalue weighted by molar-refractivity contribution is -0.134. The number of carbonyl (C=O) groups excluding carboxylic acids is 1. The maximum Gasteiger partial charge on any atom is 0.251 e. The minimum Gasteiger partial charge on any atom is -0.361 e. The fourth-order valence-electron chi connectivity index (χ4n) is 3.14. The second-order valence-corrected chi connectivity index (χ2v) is 6.90. The van der Waals surface area contributed by atoms with E-state index >= 15 is 0 Å².